The number of benzene rings is 1. The number of rotatable bonds is 4. The van der Waals surface area contributed by atoms with Crippen molar-refractivity contribution in [3.8, 4) is 0 Å². The molecule has 0 aliphatic heterocycles. The van der Waals surface area contributed by atoms with E-state index in [-0.39, 0.29) is 5.91 Å². The molecular formula is C14H14ClNOS. The van der Waals surface area contributed by atoms with E-state index in [0.717, 1.165) is 21.2 Å². The van der Waals surface area contributed by atoms with Gasteiger partial charge in [0.15, 0.2) is 0 Å². The van der Waals surface area contributed by atoms with E-state index in [1.807, 2.05) is 43.3 Å². The van der Waals surface area contributed by atoms with Gasteiger partial charge in [0, 0.05) is 16.4 Å². The molecule has 2 rings (SSSR count). The molecule has 1 aromatic heterocycles. The zero-order valence-electron chi connectivity index (χ0n) is 10.1. The Kier molecular flexibility index (Phi) is 4.39. The Morgan fingerprint density at radius 3 is 2.56 bits per heavy atom. The first kappa shape index (κ1) is 13.1. The Balaban J connectivity index is 1.82. The van der Waals surface area contributed by atoms with E-state index in [1.165, 1.54) is 16.9 Å². The third kappa shape index (κ3) is 3.59. The molecule has 4 heteroatoms. The van der Waals surface area contributed by atoms with Crippen LogP contribution >= 0.6 is 22.9 Å². The SMILES string of the molecule is Cc1ccc(C(=O)NCCc2ccc(Cl)cc2)s1. The first-order valence-corrected chi connectivity index (χ1v) is 6.93. The fourth-order valence-electron chi connectivity index (χ4n) is 1.62. The summed E-state index contributed by atoms with van der Waals surface area (Å²) < 4.78 is 0. The molecule has 94 valence electrons. The number of amides is 1. The molecule has 0 fully saturated rings. The molecule has 0 saturated heterocycles. The second kappa shape index (κ2) is 6.03. The topological polar surface area (TPSA) is 29.1 Å². The van der Waals surface area contributed by atoms with Crippen LogP contribution in [0.1, 0.15) is 20.1 Å². The van der Waals surface area contributed by atoms with E-state index < -0.39 is 0 Å². The second-order valence-corrected chi connectivity index (χ2v) is 5.77. The van der Waals surface area contributed by atoms with Gasteiger partial charge in [-0.05, 0) is 43.2 Å². The molecule has 0 saturated carbocycles. The number of halogens is 1. The Bertz CT molecular complexity index is 533. The van der Waals surface area contributed by atoms with Gasteiger partial charge < -0.3 is 5.32 Å². The van der Waals surface area contributed by atoms with Gasteiger partial charge in [-0.2, -0.15) is 0 Å². The molecule has 1 heterocycles. The molecule has 1 aromatic carbocycles. The highest BCUT2D eigenvalue weighted by atomic mass is 35.5. The minimum Gasteiger partial charge on any atom is -0.351 e. The zero-order valence-corrected chi connectivity index (χ0v) is 11.6. The van der Waals surface area contributed by atoms with Crippen LogP contribution in [0.2, 0.25) is 5.02 Å². The monoisotopic (exact) mass is 279 g/mol. The van der Waals surface area contributed by atoms with Gasteiger partial charge in [-0.25, -0.2) is 0 Å². The molecule has 1 N–H and O–H groups in total. The first-order valence-electron chi connectivity index (χ1n) is 5.74. The Hall–Kier alpha value is -1.32. The number of hydrogen-bond acceptors (Lipinski definition) is 2. The molecule has 0 unspecified atom stereocenters. The smallest absolute Gasteiger partial charge is 0.261 e. The lowest BCUT2D eigenvalue weighted by molar-refractivity contribution is 0.0958. The molecular weight excluding hydrogens is 266 g/mol. The Labute approximate surface area is 116 Å². The highest BCUT2D eigenvalue weighted by Gasteiger charge is 2.06. The van der Waals surface area contributed by atoms with Crippen LogP contribution in [0.3, 0.4) is 0 Å². The van der Waals surface area contributed by atoms with Crippen molar-refractivity contribution in [3.05, 3.63) is 56.7 Å². The molecule has 0 aliphatic rings. The second-order valence-electron chi connectivity index (χ2n) is 4.04. The van der Waals surface area contributed by atoms with Crippen molar-refractivity contribution in [1.82, 2.24) is 5.32 Å². The van der Waals surface area contributed by atoms with Crippen molar-refractivity contribution in [3.63, 3.8) is 0 Å². The zero-order chi connectivity index (χ0) is 13.0. The fourth-order valence-corrected chi connectivity index (χ4v) is 2.53. The largest absolute Gasteiger partial charge is 0.351 e. The maximum atomic E-state index is 11.8. The lowest BCUT2D eigenvalue weighted by Crippen LogP contribution is -2.24. The minimum atomic E-state index is 0.00191. The molecule has 0 aliphatic carbocycles. The molecule has 1 amide bonds. The molecule has 0 spiro atoms. The third-order valence-corrected chi connectivity index (χ3v) is 3.83. The van der Waals surface area contributed by atoms with Crippen LogP contribution in [-0.2, 0) is 6.42 Å². The van der Waals surface area contributed by atoms with E-state index in [9.17, 15) is 4.79 Å². The molecule has 2 nitrogen and oxygen atoms in total. The highest BCUT2D eigenvalue weighted by Crippen LogP contribution is 2.14. The molecule has 2 aromatic rings. The lowest BCUT2D eigenvalue weighted by atomic mass is 10.1. The normalized spacial score (nSPS) is 10.3. The van der Waals surface area contributed by atoms with Crippen LogP contribution in [0.4, 0.5) is 0 Å². The number of thiophene rings is 1. The van der Waals surface area contributed by atoms with Gasteiger partial charge in [-0.3, -0.25) is 4.79 Å². The Morgan fingerprint density at radius 2 is 1.94 bits per heavy atom. The van der Waals surface area contributed by atoms with Crippen LogP contribution in [-0.4, -0.2) is 12.5 Å². The quantitative estimate of drug-likeness (QED) is 0.909. The lowest BCUT2D eigenvalue weighted by Gasteiger charge is -2.04. The van der Waals surface area contributed by atoms with Crippen molar-refractivity contribution in [2.24, 2.45) is 0 Å². The van der Waals surface area contributed by atoms with Gasteiger partial charge >= 0.3 is 0 Å². The number of carbonyl (C=O) groups is 1. The fraction of sp³-hybridized carbons (Fsp3) is 0.214. The average molecular weight is 280 g/mol. The first-order chi connectivity index (χ1) is 8.65. The van der Waals surface area contributed by atoms with Crippen LogP contribution in [0.25, 0.3) is 0 Å². The summed E-state index contributed by atoms with van der Waals surface area (Å²) in [5, 5.41) is 3.65. The number of carbonyl (C=O) groups excluding carboxylic acids is 1. The van der Waals surface area contributed by atoms with Gasteiger partial charge in [0.25, 0.3) is 5.91 Å². The van der Waals surface area contributed by atoms with Crippen LogP contribution < -0.4 is 5.32 Å². The summed E-state index contributed by atoms with van der Waals surface area (Å²) in [6, 6.07) is 11.5. The van der Waals surface area contributed by atoms with Crippen LogP contribution in [0.5, 0.6) is 0 Å². The summed E-state index contributed by atoms with van der Waals surface area (Å²) in [6.07, 6.45) is 0.813. The van der Waals surface area contributed by atoms with Gasteiger partial charge in [0.05, 0.1) is 4.88 Å². The van der Waals surface area contributed by atoms with Gasteiger partial charge in [0.2, 0.25) is 0 Å². The van der Waals surface area contributed by atoms with E-state index in [2.05, 4.69) is 5.32 Å². The maximum absolute atomic E-state index is 11.8. The predicted molar refractivity (Wildman–Crippen MR) is 76.5 cm³/mol. The minimum absolute atomic E-state index is 0.00191. The maximum Gasteiger partial charge on any atom is 0.261 e. The predicted octanol–water partition coefficient (Wildman–Crippen LogP) is 3.68. The summed E-state index contributed by atoms with van der Waals surface area (Å²) in [7, 11) is 0. The van der Waals surface area contributed by atoms with Gasteiger partial charge in [0.1, 0.15) is 0 Å². The van der Waals surface area contributed by atoms with Crippen molar-refractivity contribution in [2.45, 2.75) is 13.3 Å². The van der Waals surface area contributed by atoms with Crippen LogP contribution in [0, 0.1) is 6.92 Å². The summed E-state index contributed by atoms with van der Waals surface area (Å²) in [5.41, 5.74) is 1.17. The van der Waals surface area contributed by atoms with E-state index >= 15 is 0 Å². The van der Waals surface area contributed by atoms with Crippen LogP contribution in [0.15, 0.2) is 36.4 Å². The van der Waals surface area contributed by atoms with Gasteiger partial charge in [-0.15, -0.1) is 11.3 Å². The molecule has 0 bridgehead atoms. The summed E-state index contributed by atoms with van der Waals surface area (Å²) in [5.74, 6) is 0.00191. The Morgan fingerprint density at radius 1 is 1.22 bits per heavy atom. The van der Waals surface area contributed by atoms with E-state index in [1.54, 1.807) is 0 Å². The molecule has 0 atom stereocenters. The van der Waals surface area contributed by atoms with Crippen molar-refractivity contribution >= 4 is 28.8 Å². The molecule has 0 radical (unpaired) electrons. The standard InChI is InChI=1S/C14H14ClNOS/c1-10-2-7-13(18-10)14(17)16-9-8-11-3-5-12(15)6-4-11/h2-7H,8-9H2,1H3,(H,16,17). The van der Waals surface area contributed by atoms with Crippen molar-refractivity contribution in [1.29, 1.82) is 0 Å². The molecule has 18 heavy (non-hydrogen) atoms. The highest BCUT2D eigenvalue weighted by molar-refractivity contribution is 7.13. The number of nitrogens with one attached hydrogen (secondary N) is 1. The summed E-state index contributed by atoms with van der Waals surface area (Å²) >= 11 is 7.32. The number of hydrogen-bond donors (Lipinski definition) is 1. The third-order valence-electron chi connectivity index (χ3n) is 2.58. The summed E-state index contributed by atoms with van der Waals surface area (Å²) in [6.45, 7) is 2.63. The van der Waals surface area contributed by atoms with Crippen molar-refractivity contribution < 1.29 is 4.79 Å². The van der Waals surface area contributed by atoms with Crippen molar-refractivity contribution in [2.75, 3.05) is 6.54 Å². The van der Waals surface area contributed by atoms with E-state index in [0.29, 0.717) is 6.54 Å². The summed E-state index contributed by atoms with van der Waals surface area (Å²) in [4.78, 5) is 13.7. The van der Waals surface area contributed by atoms with E-state index in [4.69, 9.17) is 11.6 Å². The average Bonchev–Trinajstić information content (AvgIpc) is 2.78. The number of aryl methyl sites for hydroxylation is 1. The van der Waals surface area contributed by atoms with Gasteiger partial charge in [-0.1, -0.05) is 23.7 Å².